The highest BCUT2D eigenvalue weighted by molar-refractivity contribution is 4.51. The van der Waals surface area contributed by atoms with E-state index in [1.165, 1.54) is 122 Å². The van der Waals surface area contributed by atoms with E-state index < -0.39 is 0 Å². The molecule has 0 atom stereocenters. The molecule has 0 saturated heterocycles. The van der Waals surface area contributed by atoms with Gasteiger partial charge in [0.15, 0.2) is 0 Å². The molecule has 0 aromatic heterocycles. The first-order chi connectivity index (χ1) is 26.4. The molecule has 11 heteroatoms. The number of hydrogen-bond donors (Lipinski definition) is 1. The molecule has 0 fully saturated rings. The van der Waals surface area contributed by atoms with Gasteiger partial charge in [-0.15, -0.1) is 0 Å². The number of hydrogen-bond acceptors (Lipinski definition) is 11. The summed E-state index contributed by atoms with van der Waals surface area (Å²) >= 11 is 0. The molecule has 0 heterocycles. The molecule has 0 amide bonds. The van der Waals surface area contributed by atoms with Gasteiger partial charge in [-0.05, 0) is 6.42 Å². The number of aliphatic hydroxyl groups excluding tert-OH is 1. The van der Waals surface area contributed by atoms with Crippen LogP contribution in [0.3, 0.4) is 0 Å². The van der Waals surface area contributed by atoms with Crippen LogP contribution in [0.2, 0.25) is 0 Å². The Labute approximate surface area is 326 Å². The minimum atomic E-state index is 0.0304. The molecular formula is C42H86O11. The van der Waals surface area contributed by atoms with Gasteiger partial charge in [0.25, 0.3) is 0 Å². The first-order valence-electron chi connectivity index (χ1n) is 21.8. The molecule has 0 rings (SSSR count). The van der Waals surface area contributed by atoms with Gasteiger partial charge < -0.3 is 52.5 Å². The summed E-state index contributed by atoms with van der Waals surface area (Å²) in [6, 6.07) is 0. The monoisotopic (exact) mass is 767 g/mol. The molecule has 53 heavy (non-hydrogen) atoms. The van der Waals surface area contributed by atoms with E-state index >= 15 is 0 Å². The lowest BCUT2D eigenvalue weighted by atomic mass is 10.0. The summed E-state index contributed by atoms with van der Waals surface area (Å²) in [7, 11) is 0. The van der Waals surface area contributed by atoms with Crippen molar-refractivity contribution in [1.82, 2.24) is 0 Å². The highest BCUT2D eigenvalue weighted by Crippen LogP contribution is 2.14. The second-order valence-corrected chi connectivity index (χ2v) is 13.6. The maximum Gasteiger partial charge on any atom is 0.0701 e. The van der Waals surface area contributed by atoms with E-state index in [1.54, 1.807) is 0 Å². The quantitative estimate of drug-likeness (QED) is 0.0609. The van der Waals surface area contributed by atoms with Crippen molar-refractivity contribution >= 4 is 0 Å². The fourth-order valence-corrected chi connectivity index (χ4v) is 5.61. The molecular weight excluding hydrogens is 680 g/mol. The average molecular weight is 767 g/mol. The zero-order valence-corrected chi connectivity index (χ0v) is 34.5. The highest BCUT2D eigenvalue weighted by atomic mass is 16.6. The zero-order valence-electron chi connectivity index (χ0n) is 34.5. The summed E-state index contributed by atoms with van der Waals surface area (Å²) < 4.78 is 54.7. The van der Waals surface area contributed by atoms with Gasteiger partial charge in [0.05, 0.1) is 132 Å². The van der Waals surface area contributed by atoms with Crippen LogP contribution in [0.15, 0.2) is 0 Å². The van der Waals surface area contributed by atoms with E-state index in [2.05, 4.69) is 6.92 Å². The average Bonchev–Trinajstić information content (AvgIpc) is 3.17. The number of rotatable bonds is 50. The van der Waals surface area contributed by atoms with Crippen molar-refractivity contribution in [2.45, 2.75) is 135 Å². The van der Waals surface area contributed by atoms with Crippen LogP contribution >= 0.6 is 0 Å². The SMILES string of the molecule is CCCCCCCCCCCCCCCCCCCCCCOCCOCCOCCOCCOCCOCCOCCOCCOCCOCCO. The van der Waals surface area contributed by atoms with Crippen molar-refractivity contribution < 1.29 is 52.5 Å². The zero-order chi connectivity index (χ0) is 38.1. The van der Waals surface area contributed by atoms with Crippen LogP contribution < -0.4 is 0 Å². The van der Waals surface area contributed by atoms with Crippen LogP contribution in [0, 0.1) is 0 Å². The maximum absolute atomic E-state index is 8.59. The van der Waals surface area contributed by atoms with Crippen molar-refractivity contribution in [3.8, 4) is 0 Å². The van der Waals surface area contributed by atoms with Crippen LogP contribution in [0.1, 0.15) is 135 Å². The third kappa shape index (κ3) is 51.6. The Balaban J connectivity index is 3.05. The number of unbranched alkanes of at least 4 members (excludes halogenated alkanes) is 19. The third-order valence-electron chi connectivity index (χ3n) is 8.73. The molecule has 0 unspecified atom stereocenters. The molecule has 11 nitrogen and oxygen atoms in total. The van der Waals surface area contributed by atoms with Gasteiger partial charge in [-0.25, -0.2) is 0 Å². The molecule has 0 aromatic rings. The number of aliphatic hydroxyl groups is 1. The summed E-state index contributed by atoms with van der Waals surface area (Å²) in [6.07, 6.45) is 28.1. The van der Waals surface area contributed by atoms with Crippen molar-refractivity contribution in [2.24, 2.45) is 0 Å². The van der Waals surface area contributed by atoms with Gasteiger partial charge in [0.2, 0.25) is 0 Å². The van der Waals surface area contributed by atoms with Gasteiger partial charge in [-0.1, -0.05) is 129 Å². The fraction of sp³-hybridized carbons (Fsp3) is 1.00. The number of ether oxygens (including phenoxy) is 10. The van der Waals surface area contributed by atoms with E-state index in [9.17, 15) is 0 Å². The van der Waals surface area contributed by atoms with Crippen LogP contribution in [0.4, 0.5) is 0 Å². The lowest BCUT2D eigenvalue weighted by Gasteiger charge is -2.09. The molecule has 0 aliphatic rings. The van der Waals surface area contributed by atoms with Gasteiger partial charge >= 0.3 is 0 Å². The smallest absolute Gasteiger partial charge is 0.0701 e. The normalized spacial score (nSPS) is 11.7. The second kappa shape index (κ2) is 51.6. The van der Waals surface area contributed by atoms with Crippen LogP contribution in [0.5, 0.6) is 0 Å². The molecule has 0 aliphatic carbocycles. The Kier molecular flexibility index (Phi) is 51.1. The largest absolute Gasteiger partial charge is 0.394 e. The predicted octanol–water partition coefficient (Wildman–Crippen LogP) is 7.97. The van der Waals surface area contributed by atoms with Gasteiger partial charge in [-0.3, -0.25) is 0 Å². The minimum absolute atomic E-state index is 0.0304. The molecule has 0 radical (unpaired) electrons. The second-order valence-electron chi connectivity index (χ2n) is 13.6. The first-order valence-corrected chi connectivity index (χ1v) is 21.8. The Bertz CT molecular complexity index is 568. The molecule has 0 saturated carbocycles. The lowest BCUT2D eigenvalue weighted by molar-refractivity contribution is -0.0268. The Morgan fingerprint density at radius 3 is 0.585 bits per heavy atom. The van der Waals surface area contributed by atoms with Crippen LogP contribution in [0.25, 0.3) is 0 Å². The van der Waals surface area contributed by atoms with E-state index in [0.29, 0.717) is 126 Å². The van der Waals surface area contributed by atoms with Crippen molar-refractivity contribution in [3.05, 3.63) is 0 Å². The Morgan fingerprint density at radius 2 is 0.377 bits per heavy atom. The van der Waals surface area contributed by atoms with Crippen molar-refractivity contribution in [2.75, 3.05) is 139 Å². The van der Waals surface area contributed by atoms with Crippen LogP contribution in [-0.2, 0) is 47.4 Å². The van der Waals surface area contributed by atoms with E-state index in [-0.39, 0.29) is 6.61 Å². The van der Waals surface area contributed by atoms with Gasteiger partial charge in [0.1, 0.15) is 0 Å². The topological polar surface area (TPSA) is 113 Å². The lowest BCUT2D eigenvalue weighted by Crippen LogP contribution is -2.15. The van der Waals surface area contributed by atoms with Crippen molar-refractivity contribution in [1.29, 1.82) is 0 Å². The first kappa shape index (κ1) is 52.6. The summed E-state index contributed by atoms with van der Waals surface area (Å²) in [5.41, 5.74) is 0. The van der Waals surface area contributed by atoms with E-state index in [1.807, 2.05) is 0 Å². The highest BCUT2D eigenvalue weighted by Gasteiger charge is 1.98. The van der Waals surface area contributed by atoms with E-state index in [0.717, 1.165) is 13.0 Å². The summed E-state index contributed by atoms with van der Waals surface area (Å²) in [5.74, 6) is 0. The fourth-order valence-electron chi connectivity index (χ4n) is 5.61. The molecule has 1 N–H and O–H groups in total. The van der Waals surface area contributed by atoms with Gasteiger partial charge in [-0.2, -0.15) is 0 Å². The Morgan fingerprint density at radius 1 is 0.208 bits per heavy atom. The predicted molar refractivity (Wildman–Crippen MR) is 213 cm³/mol. The van der Waals surface area contributed by atoms with Gasteiger partial charge in [0, 0.05) is 6.61 Å². The Hall–Kier alpha value is -0.440. The summed E-state index contributed by atoms with van der Waals surface area (Å²) in [6.45, 7) is 13.1. The standard InChI is InChI=1S/C42H86O11/c1-2-3-4-5-6-7-8-9-10-11-12-13-14-15-16-17-18-19-20-21-23-44-25-27-46-29-31-48-33-35-50-37-39-52-41-42-53-40-38-51-36-34-49-32-30-47-28-26-45-24-22-43/h43H,2-42H2,1H3. The van der Waals surface area contributed by atoms with E-state index in [4.69, 9.17) is 52.5 Å². The van der Waals surface area contributed by atoms with Crippen molar-refractivity contribution in [3.63, 3.8) is 0 Å². The molecule has 0 bridgehead atoms. The third-order valence-corrected chi connectivity index (χ3v) is 8.73. The molecule has 0 aliphatic heterocycles. The maximum atomic E-state index is 8.59. The summed E-state index contributed by atoms with van der Waals surface area (Å²) in [4.78, 5) is 0. The molecule has 320 valence electrons. The molecule has 0 spiro atoms. The summed E-state index contributed by atoms with van der Waals surface area (Å²) in [5, 5.41) is 8.59. The molecule has 0 aromatic carbocycles. The minimum Gasteiger partial charge on any atom is -0.394 e. The van der Waals surface area contributed by atoms with Crippen LogP contribution in [-0.4, -0.2) is 144 Å².